The van der Waals surface area contributed by atoms with Crippen molar-refractivity contribution < 1.29 is 32.6 Å². The molecule has 1 spiro atoms. The largest absolute Gasteiger partial charge is 0.469 e. The number of amides is 4. The van der Waals surface area contributed by atoms with E-state index in [9.17, 15) is 23.2 Å². The Morgan fingerprint density at radius 3 is 2.22 bits per heavy atom. The SMILES string of the molecule is COCC1NC(=O)N(C(=O)NCCCN2CCC3(CC2)c2ccccc2-c2ccccc23)C(c2ccc(F)c(F)c2)C1C(=O)OC. The molecule has 2 aliphatic heterocycles. The number of carbonyl (C=O) groups is 3. The molecule has 2 heterocycles. The molecule has 0 aromatic heterocycles. The van der Waals surface area contributed by atoms with Crippen LogP contribution in [0.25, 0.3) is 11.1 Å². The molecule has 3 unspecified atom stereocenters. The van der Waals surface area contributed by atoms with E-state index in [2.05, 4.69) is 64.1 Å². The highest BCUT2D eigenvalue weighted by molar-refractivity contribution is 5.96. The Kier molecular flexibility index (Phi) is 9.06. The molecule has 0 radical (unpaired) electrons. The molecule has 2 N–H and O–H groups in total. The average Bonchev–Trinajstić information content (AvgIpc) is 3.34. The van der Waals surface area contributed by atoms with Crippen LogP contribution >= 0.6 is 0 Å². The van der Waals surface area contributed by atoms with Crippen LogP contribution in [0.4, 0.5) is 18.4 Å². The minimum absolute atomic E-state index is 0.00518. The van der Waals surface area contributed by atoms with Crippen molar-refractivity contribution in [1.82, 2.24) is 20.4 Å². The first-order valence-electron chi connectivity index (χ1n) is 15.6. The maximum atomic E-state index is 14.3. The summed E-state index contributed by atoms with van der Waals surface area (Å²) in [4.78, 5) is 43.0. The van der Waals surface area contributed by atoms with E-state index in [1.807, 2.05) is 0 Å². The highest BCUT2D eigenvalue weighted by atomic mass is 19.2. The van der Waals surface area contributed by atoms with Gasteiger partial charge < -0.3 is 25.0 Å². The van der Waals surface area contributed by atoms with Crippen LogP contribution in [0.15, 0.2) is 66.7 Å². The summed E-state index contributed by atoms with van der Waals surface area (Å²) in [6, 6.07) is 16.7. The van der Waals surface area contributed by atoms with Gasteiger partial charge in [-0.3, -0.25) is 4.79 Å². The lowest BCUT2D eigenvalue weighted by Crippen LogP contribution is -2.64. The molecule has 6 rings (SSSR count). The Balaban J connectivity index is 1.11. The number of nitrogens with zero attached hydrogens (tertiary/aromatic N) is 2. The summed E-state index contributed by atoms with van der Waals surface area (Å²) in [7, 11) is 2.59. The van der Waals surface area contributed by atoms with Gasteiger partial charge in [0.15, 0.2) is 11.6 Å². The van der Waals surface area contributed by atoms with Gasteiger partial charge in [0.1, 0.15) is 5.92 Å². The van der Waals surface area contributed by atoms with Gasteiger partial charge >= 0.3 is 18.0 Å². The maximum absolute atomic E-state index is 14.3. The van der Waals surface area contributed by atoms with Crippen molar-refractivity contribution in [2.45, 2.75) is 36.8 Å². The highest BCUT2D eigenvalue weighted by Crippen LogP contribution is 2.53. The number of carbonyl (C=O) groups excluding carboxylic acids is 3. The number of urea groups is 2. The summed E-state index contributed by atoms with van der Waals surface area (Å²) in [5, 5.41) is 5.44. The third-order valence-electron chi connectivity index (χ3n) is 9.72. The fourth-order valence-electron chi connectivity index (χ4n) is 7.55. The van der Waals surface area contributed by atoms with Crippen molar-refractivity contribution in [2.75, 3.05) is 47.0 Å². The molecule has 3 aliphatic rings. The second-order valence-corrected chi connectivity index (χ2v) is 12.1. The van der Waals surface area contributed by atoms with Crippen molar-refractivity contribution in [3.8, 4) is 11.1 Å². The topological polar surface area (TPSA) is 100 Å². The molecule has 3 aromatic rings. The van der Waals surface area contributed by atoms with Gasteiger partial charge in [0.05, 0.1) is 25.8 Å². The number of hydrogen-bond acceptors (Lipinski definition) is 6. The minimum atomic E-state index is -1.26. The summed E-state index contributed by atoms with van der Waals surface area (Å²) < 4.78 is 38.4. The van der Waals surface area contributed by atoms with Gasteiger partial charge in [-0.05, 0) is 78.8 Å². The molecular formula is C35H38F2N4O5. The van der Waals surface area contributed by atoms with Gasteiger partial charge in [0.2, 0.25) is 0 Å². The molecule has 0 saturated carbocycles. The van der Waals surface area contributed by atoms with Gasteiger partial charge in [-0.15, -0.1) is 0 Å². The molecule has 4 amide bonds. The summed E-state index contributed by atoms with van der Waals surface area (Å²) >= 11 is 0. The third-order valence-corrected chi connectivity index (χ3v) is 9.72. The number of nitrogens with one attached hydrogen (secondary N) is 2. The van der Waals surface area contributed by atoms with Gasteiger partial charge in [-0.2, -0.15) is 0 Å². The first kappa shape index (κ1) is 31.6. The lowest BCUT2D eigenvalue weighted by molar-refractivity contribution is -0.150. The first-order chi connectivity index (χ1) is 22.3. The van der Waals surface area contributed by atoms with Gasteiger partial charge in [-0.1, -0.05) is 54.6 Å². The van der Waals surface area contributed by atoms with E-state index >= 15 is 0 Å². The molecule has 2 saturated heterocycles. The van der Waals surface area contributed by atoms with E-state index < -0.39 is 47.7 Å². The number of ether oxygens (including phenoxy) is 2. The molecule has 1 aliphatic carbocycles. The number of rotatable bonds is 8. The van der Waals surface area contributed by atoms with Gasteiger partial charge in [0, 0.05) is 19.1 Å². The number of benzene rings is 3. The van der Waals surface area contributed by atoms with Crippen LogP contribution in [-0.2, 0) is 19.7 Å². The minimum Gasteiger partial charge on any atom is -0.469 e. The fraction of sp³-hybridized carbons (Fsp3) is 0.400. The molecule has 11 heteroatoms. The van der Waals surface area contributed by atoms with Crippen LogP contribution in [-0.4, -0.2) is 80.9 Å². The molecule has 0 bridgehead atoms. The number of esters is 1. The number of methoxy groups -OCH3 is 2. The summed E-state index contributed by atoms with van der Waals surface area (Å²) in [6.07, 6.45) is 2.62. The number of likely N-dealkylation sites (tertiary alicyclic amines) is 1. The quantitative estimate of drug-likeness (QED) is 0.268. The van der Waals surface area contributed by atoms with Crippen molar-refractivity contribution in [3.63, 3.8) is 0 Å². The van der Waals surface area contributed by atoms with Crippen LogP contribution in [0, 0.1) is 17.6 Å². The predicted octanol–water partition coefficient (Wildman–Crippen LogP) is 5.00. The molecule has 46 heavy (non-hydrogen) atoms. The number of hydrogen-bond donors (Lipinski definition) is 2. The zero-order valence-corrected chi connectivity index (χ0v) is 25.9. The van der Waals surface area contributed by atoms with Crippen molar-refractivity contribution >= 4 is 18.0 Å². The van der Waals surface area contributed by atoms with E-state index in [-0.39, 0.29) is 24.1 Å². The molecule has 3 aromatic carbocycles. The van der Waals surface area contributed by atoms with E-state index in [1.54, 1.807) is 0 Å². The molecule has 9 nitrogen and oxygen atoms in total. The predicted molar refractivity (Wildman–Crippen MR) is 167 cm³/mol. The standard InChI is InChI=1S/C35H38F2N4O5/c1-45-21-29-30(32(42)46-2)31(22-12-13-27(36)28(37)20-22)41(34(44)39-29)33(43)38-16-7-17-40-18-14-35(15-19-40)25-10-5-3-8-23(25)24-9-4-6-11-26(24)35/h3-6,8-13,20,29-31H,7,14-19,21H2,1-2H3,(H,38,43)(H,39,44). The van der Waals surface area contributed by atoms with Crippen LogP contribution in [0.3, 0.4) is 0 Å². The summed E-state index contributed by atoms with van der Waals surface area (Å²) in [6.45, 7) is 2.77. The van der Waals surface area contributed by atoms with E-state index in [1.165, 1.54) is 42.5 Å². The van der Waals surface area contributed by atoms with Crippen molar-refractivity contribution in [3.05, 3.63) is 95.1 Å². The number of piperidine rings is 1. The van der Waals surface area contributed by atoms with Crippen LogP contribution in [0.5, 0.6) is 0 Å². The van der Waals surface area contributed by atoms with Crippen LogP contribution < -0.4 is 10.6 Å². The van der Waals surface area contributed by atoms with E-state index in [4.69, 9.17) is 9.47 Å². The second kappa shape index (κ2) is 13.2. The van der Waals surface area contributed by atoms with Crippen molar-refractivity contribution in [2.24, 2.45) is 5.92 Å². The zero-order valence-electron chi connectivity index (χ0n) is 25.9. The Morgan fingerprint density at radius 2 is 1.61 bits per heavy atom. The highest BCUT2D eigenvalue weighted by Gasteiger charge is 2.50. The Hall–Kier alpha value is -4.35. The summed E-state index contributed by atoms with van der Waals surface area (Å²) in [5.41, 5.74) is 5.53. The smallest absolute Gasteiger partial charge is 0.326 e. The van der Waals surface area contributed by atoms with Crippen LogP contribution in [0.2, 0.25) is 0 Å². The Labute approximate surface area is 266 Å². The van der Waals surface area contributed by atoms with E-state index in [0.29, 0.717) is 6.42 Å². The van der Waals surface area contributed by atoms with Crippen molar-refractivity contribution in [1.29, 1.82) is 0 Å². The molecule has 242 valence electrons. The lowest BCUT2D eigenvalue weighted by atomic mass is 9.71. The lowest BCUT2D eigenvalue weighted by Gasteiger charge is -2.43. The Bertz CT molecular complexity index is 1580. The monoisotopic (exact) mass is 632 g/mol. The van der Waals surface area contributed by atoms with E-state index in [0.717, 1.165) is 49.5 Å². The first-order valence-corrected chi connectivity index (χ1v) is 15.6. The normalized spacial score (nSPS) is 21.8. The number of halogens is 2. The number of fused-ring (bicyclic) bond motifs is 5. The molecule has 3 atom stereocenters. The van der Waals surface area contributed by atoms with Crippen LogP contribution in [0.1, 0.15) is 42.0 Å². The van der Waals surface area contributed by atoms with Gasteiger partial charge in [0.25, 0.3) is 0 Å². The summed E-state index contributed by atoms with van der Waals surface area (Å²) in [5.74, 6) is -4.12. The fourth-order valence-corrected chi connectivity index (χ4v) is 7.55. The second-order valence-electron chi connectivity index (χ2n) is 12.1. The number of imide groups is 1. The average molecular weight is 633 g/mol. The van der Waals surface area contributed by atoms with Gasteiger partial charge in [-0.25, -0.2) is 23.3 Å². The molecular weight excluding hydrogens is 594 g/mol. The Morgan fingerprint density at radius 1 is 0.957 bits per heavy atom. The zero-order chi connectivity index (χ0) is 32.4. The molecule has 2 fully saturated rings. The maximum Gasteiger partial charge on any atom is 0.326 e. The third kappa shape index (κ3) is 5.62.